The third-order valence-corrected chi connectivity index (χ3v) is 12.4. The lowest BCUT2D eigenvalue weighted by atomic mass is 9.94. The van der Waals surface area contributed by atoms with Crippen molar-refractivity contribution in [2.45, 2.75) is 70.1 Å². The molecule has 2 saturated heterocycles. The first-order valence-corrected chi connectivity index (χ1v) is 19.5. The first-order valence-electron chi connectivity index (χ1n) is 19.1. The summed E-state index contributed by atoms with van der Waals surface area (Å²) in [5.41, 5.74) is 4.46. The van der Waals surface area contributed by atoms with Gasteiger partial charge in [-0.3, -0.25) is 14.5 Å². The second kappa shape index (κ2) is 15.4. The van der Waals surface area contributed by atoms with Gasteiger partial charge >= 0.3 is 12.1 Å². The molecule has 11 nitrogen and oxygen atoms in total. The first kappa shape index (κ1) is 38.9. The van der Waals surface area contributed by atoms with E-state index in [1.165, 1.54) is 7.11 Å². The molecule has 6 atom stereocenters. The molecular weight excluding hydrogens is 763 g/mol. The van der Waals surface area contributed by atoms with Gasteiger partial charge in [-0.25, -0.2) is 4.98 Å². The van der Waals surface area contributed by atoms with Crippen molar-refractivity contribution in [3.05, 3.63) is 87.4 Å². The molecule has 4 aromatic rings. The lowest BCUT2D eigenvalue weighted by Crippen LogP contribution is -2.40. The van der Waals surface area contributed by atoms with Gasteiger partial charge in [-0.15, -0.1) is 0 Å². The van der Waals surface area contributed by atoms with Crippen LogP contribution in [0.1, 0.15) is 60.1 Å². The molecule has 3 fully saturated rings. The quantitative estimate of drug-likeness (QED) is 0.129. The van der Waals surface area contributed by atoms with Crippen molar-refractivity contribution in [2.24, 2.45) is 17.8 Å². The molecule has 1 saturated carbocycles. The number of aliphatic carboxylic acids is 1. The number of carbonyl (C=O) groups excluding carboxylic acids is 1. The molecule has 0 bridgehead atoms. The lowest BCUT2D eigenvalue weighted by Gasteiger charge is -2.26. The fourth-order valence-electron chi connectivity index (χ4n) is 9.03. The zero-order valence-electron chi connectivity index (χ0n) is 31.7. The molecule has 1 amide bonds. The number of hydrogen-bond donors (Lipinski definition) is 3. The maximum absolute atomic E-state index is 14.7. The molecule has 4 heterocycles. The third-order valence-electron chi connectivity index (χ3n) is 11.9. The van der Waals surface area contributed by atoms with Gasteiger partial charge in [-0.05, 0) is 65.8 Å². The molecule has 4 aliphatic rings. The minimum Gasteiger partial charge on any atom is -0.481 e. The van der Waals surface area contributed by atoms with Gasteiger partial charge in [-0.1, -0.05) is 61.0 Å². The Bertz CT molecular complexity index is 2220. The van der Waals surface area contributed by atoms with Gasteiger partial charge in [0.05, 0.1) is 24.9 Å². The van der Waals surface area contributed by atoms with Crippen molar-refractivity contribution in [2.75, 3.05) is 27.3 Å². The van der Waals surface area contributed by atoms with E-state index in [2.05, 4.69) is 15.6 Å². The summed E-state index contributed by atoms with van der Waals surface area (Å²) in [6, 6.07) is 15.4. The van der Waals surface area contributed by atoms with Crippen molar-refractivity contribution in [3.63, 3.8) is 0 Å². The molecule has 2 aliphatic heterocycles. The van der Waals surface area contributed by atoms with Crippen LogP contribution in [0.15, 0.2) is 54.6 Å². The molecule has 0 spiro atoms. The number of fused-ring (bicyclic) bond motifs is 2. The molecular formula is C42H43ClF3N5O6. The lowest BCUT2D eigenvalue weighted by molar-refractivity contribution is -0.144. The fraction of sp³-hybridized carbons (Fsp3) is 0.429. The molecule has 15 heteroatoms. The van der Waals surface area contributed by atoms with Crippen molar-refractivity contribution in [1.82, 2.24) is 25.5 Å². The highest BCUT2D eigenvalue weighted by molar-refractivity contribution is 6.36. The molecule has 0 unspecified atom stereocenters. The number of carbonyl (C=O) groups is 2. The van der Waals surface area contributed by atoms with Gasteiger partial charge in [0, 0.05) is 60.9 Å². The average Bonchev–Trinajstić information content (AvgIpc) is 3.58. The van der Waals surface area contributed by atoms with Crippen molar-refractivity contribution in [3.8, 4) is 40.0 Å². The van der Waals surface area contributed by atoms with E-state index in [1.54, 1.807) is 12.0 Å². The van der Waals surface area contributed by atoms with Crippen LogP contribution in [0.2, 0.25) is 5.02 Å². The van der Waals surface area contributed by atoms with E-state index in [-0.39, 0.29) is 47.7 Å². The number of ether oxygens (including phenoxy) is 3. The minimum atomic E-state index is -4.80. The minimum absolute atomic E-state index is 0.0181. The van der Waals surface area contributed by atoms with Crippen molar-refractivity contribution < 1.29 is 42.1 Å². The third kappa shape index (κ3) is 7.50. The zero-order valence-corrected chi connectivity index (χ0v) is 32.4. The van der Waals surface area contributed by atoms with E-state index >= 15 is 0 Å². The number of rotatable bonds is 13. The number of carboxylic acids is 1. The van der Waals surface area contributed by atoms with Crippen LogP contribution in [-0.4, -0.2) is 71.2 Å². The Morgan fingerprint density at radius 3 is 2.44 bits per heavy atom. The number of carboxylic acid groups (broad SMARTS) is 1. The van der Waals surface area contributed by atoms with Gasteiger partial charge in [0.1, 0.15) is 17.7 Å². The van der Waals surface area contributed by atoms with Crippen LogP contribution in [-0.2, 0) is 35.3 Å². The number of alkyl halides is 3. The summed E-state index contributed by atoms with van der Waals surface area (Å²) in [6.07, 6.45) is -3.26. The van der Waals surface area contributed by atoms with E-state index in [1.807, 2.05) is 55.5 Å². The van der Waals surface area contributed by atoms with Gasteiger partial charge in [0.15, 0.2) is 0 Å². The Labute approximate surface area is 332 Å². The number of methoxy groups -OCH3 is 2. The SMILES string of the molecule is COc1nc(-c2cccc(-c3cccc4c3CC[C@@H]4Oc3nc(OC)c(CN4C[C@@H]5[C@H](C)[C@@H]5[C@H]4C(=O)O)cc3C(F)(F)F)c2Cl)ccc1CNC[C@@H]1CCC(=O)N1. The molecule has 300 valence electrons. The van der Waals surface area contributed by atoms with Crippen LogP contribution in [0.3, 0.4) is 0 Å². The number of pyridine rings is 2. The normalized spacial score (nSPS) is 23.9. The number of aromatic nitrogens is 2. The molecule has 0 radical (unpaired) electrons. The van der Waals surface area contributed by atoms with Gasteiger partial charge < -0.3 is 30.0 Å². The van der Waals surface area contributed by atoms with E-state index in [4.69, 9.17) is 30.8 Å². The fourth-order valence-corrected chi connectivity index (χ4v) is 9.35. The topological polar surface area (TPSA) is 135 Å². The second-order valence-electron chi connectivity index (χ2n) is 15.3. The van der Waals surface area contributed by atoms with E-state index < -0.39 is 35.7 Å². The highest BCUT2D eigenvalue weighted by atomic mass is 35.5. The molecule has 3 N–H and O–H groups in total. The number of amides is 1. The Kier molecular flexibility index (Phi) is 10.5. The summed E-state index contributed by atoms with van der Waals surface area (Å²) < 4.78 is 61.2. The molecule has 8 rings (SSSR count). The van der Waals surface area contributed by atoms with Crippen molar-refractivity contribution >= 4 is 23.5 Å². The molecule has 57 heavy (non-hydrogen) atoms. The molecule has 2 aromatic heterocycles. The first-order chi connectivity index (χ1) is 27.4. The Morgan fingerprint density at radius 1 is 0.982 bits per heavy atom. The van der Waals surface area contributed by atoms with E-state index in [0.717, 1.165) is 40.3 Å². The number of halogens is 4. The maximum Gasteiger partial charge on any atom is 0.421 e. The average molecular weight is 806 g/mol. The second-order valence-corrected chi connectivity index (χ2v) is 15.7. The van der Waals surface area contributed by atoms with Crippen LogP contribution in [0.5, 0.6) is 17.6 Å². The number of likely N-dealkylation sites (tertiary alicyclic amines) is 1. The highest BCUT2D eigenvalue weighted by Crippen LogP contribution is 2.56. The molecule has 2 aliphatic carbocycles. The van der Waals surface area contributed by atoms with E-state index in [9.17, 15) is 27.9 Å². The number of nitrogens with zero attached hydrogens (tertiary/aromatic N) is 3. The van der Waals surface area contributed by atoms with Crippen molar-refractivity contribution in [1.29, 1.82) is 0 Å². The number of piperidine rings is 1. The summed E-state index contributed by atoms with van der Waals surface area (Å²) in [5, 5.41) is 16.7. The monoisotopic (exact) mass is 805 g/mol. The summed E-state index contributed by atoms with van der Waals surface area (Å²) in [6.45, 7) is 3.58. The molecule has 2 aromatic carbocycles. The van der Waals surface area contributed by atoms with Gasteiger partial charge in [0.2, 0.25) is 23.5 Å². The summed E-state index contributed by atoms with van der Waals surface area (Å²) in [5.74, 6) is -0.648. The number of benzene rings is 2. The van der Waals surface area contributed by atoms with E-state index in [0.29, 0.717) is 61.1 Å². The predicted octanol–water partition coefficient (Wildman–Crippen LogP) is 7.09. The van der Waals surface area contributed by atoms with Gasteiger partial charge in [-0.2, -0.15) is 18.2 Å². The Morgan fingerprint density at radius 2 is 1.72 bits per heavy atom. The van der Waals surface area contributed by atoms with Crippen LogP contribution >= 0.6 is 11.6 Å². The summed E-state index contributed by atoms with van der Waals surface area (Å²) >= 11 is 7.13. The van der Waals surface area contributed by atoms with Crippen LogP contribution < -0.4 is 24.8 Å². The highest BCUT2D eigenvalue weighted by Gasteiger charge is 2.61. The Hall–Kier alpha value is -4.92. The van der Waals surface area contributed by atoms with Crippen LogP contribution in [0, 0.1) is 17.8 Å². The van der Waals surface area contributed by atoms with Crippen LogP contribution in [0.25, 0.3) is 22.4 Å². The zero-order chi connectivity index (χ0) is 40.2. The predicted molar refractivity (Wildman–Crippen MR) is 205 cm³/mol. The van der Waals surface area contributed by atoms with Crippen LogP contribution in [0.4, 0.5) is 13.2 Å². The summed E-state index contributed by atoms with van der Waals surface area (Å²) in [7, 11) is 2.88. The maximum atomic E-state index is 14.7. The number of hydrogen-bond acceptors (Lipinski definition) is 9. The summed E-state index contributed by atoms with van der Waals surface area (Å²) in [4.78, 5) is 34.4. The smallest absolute Gasteiger partial charge is 0.421 e. The van der Waals surface area contributed by atoms with Gasteiger partial charge in [0.25, 0.3) is 0 Å². The number of nitrogens with one attached hydrogen (secondary N) is 2. The Balaban J connectivity index is 1.03. The standard InChI is InChI=1S/C42H43ClF3N5O6/c1-21-30-20-51(37(35(21)30)41(53)54)19-23-16-31(42(44,45)46)40(50-39(23)56-3)57-33-14-12-26-25(6-4-7-27(26)33)28-8-5-9-29(36(28)43)32-13-10-22(38(49-32)55-2)17-47-18-24-11-15-34(52)48-24/h4-10,13,16,21,24,30,33,35,37,47H,11-12,14-15,17-20H2,1-3H3,(H,48,52)(H,53,54)/t21-,24-,30+,33-,35-,37-/m0/s1. The largest absolute Gasteiger partial charge is 0.481 e.